The van der Waals surface area contributed by atoms with Crippen LogP contribution in [0.2, 0.25) is 0 Å². The van der Waals surface area contributed by atoms with Gasteiger partial charge in [-0.25, -0.2) is 0 Å². The molecule has 0 atom stereocenters. The number of alkyl halides is 3. The van der Waals surface area contributed by atoms with Crippen molar-refractivity contribution in [3.63, 3.8) is 0 Å². The third kappa shape index (κ3) is 2.56. The molecule has 0 bridgehead atoms. The number of aryl methyl sites for hydroxylation is 1. The Morgan fingerprint density at radius 1 is 1.09 bits per heavy atom. The fraction of sp³-hybridized carbons (Fsp3) is 0.250. The standard InChI is InChI=1S/C8H7Br3/c1-6-4-2-3-5-7(6)8(9,10)11/h2-5H,1H3. The van der Waals surface area contributed by atoms with Crippen LogP contribution in [0.15, 0.2) is 24.3 Å². The number of halogens is 3. The minimum absolute atomic E-state index is 0.279. The summed E-state index contributed by atoms with van der Waals surface area (Å²) < 4.78 is -0.279. The van der Waals surface area contributed by atoms with Gasteiger partial charge >= 0.3 is 0 Å². The van der Waals surface area contributed by atoms with E-state index in [1.807, 2.05) is 12.1 Å². The second-order valence-corrected chi connectivity index (χ2v) is 9.07. The van der Waals surface area contributed by atoms with Crippen LogP contribution >= 0.6 is 47.8 Å². The average molecular weight is 343 g/mol. The Morgan fingerprint density at radius 2 is 1.64 bits per heavy atom. The molecule has 0 spiro atoms. The second kappa shape index (κ2) is 3.58. The second-order valence-electron chi connectivity index (χ2n) is 2.31. The molecule has 1 aromatic rings. The Kier molecular flexibility index (Phi) is 3.18. The summed E-state index contributed by atoms with van der Waals surface area (Å²) in [6.07, 6.45) is 0. The molecule has 3 heteroatoms. The molecule has 0 radical (unpaired) electrons. The van der Waals surface area contributed by atoms with Crippen LogP contribution in [0, 0.1) is 6.92 Å². The molecule has 0 aliphatic heterocycles. The number of rotatable bonds is 0. The first-order valence-electron chi connectivity index (χ1n) is 3.14. The lowest BCUT2D eigenvalue weighted by Crippen LogP contribution is -1.99. The molecule has 1 aromatic carbocycles. The van der Waals surface area contributed by atoms with Crippen molar-refractivity contribution in [3.05, 3.63) is 35.4 Å². The molecule has 0 saturated carbocycles. The van der Waals surface area contributed by atoms with Crippen molar-refractivity contribution in [2.45, 2.75) is 9.07 Å². The van der Waals surface area contributed by atoms with E-state index in [-0.39, 0.29) is 2.14 Å². The fourth-order valence-electron chi connectivity index (χ4n) is 0.891. The van der Waals surface area contributed by atoms with Gasteiger partial charge in [0.15, 0.2) is 2.14 Å². The molecule has 0 heterocycles. The molecular weight excluding hydrogens is 336 g/mol. The van der Waals surface area contributed by atoms with Gasteiger partial charge in [-0.1, -0.05) is 72.1 Å². The maximum Gasteiger partial charge on any atom is 0.160 e. The molecule has 0 saturated heterocycles. The zero-order chi connectivity index (χ0) is 8.48. The molecule has 0 nitrogen and oxygen atoms in total. The van der Waals surface area contributed by atoms with Crippen molar-refractivity contribution in [2.75, 3.05) is 0 Å². The monoisotopic (exact) mass is 340 g/mol. The lowest BCUT2D eigenvalue weighted by atomic mass is 10.1. The summed E-state index contributed by atoms with van der Waals surface area (Å²) in [6.45, 7) is 2.08. The minimum Gasteiger partial charge on any atom is -0.0620 e. The highest BCUT2D eigenvalue weighted by molar-refractivity contribution is 9.38. The van der Waals surface area contributed by atoms with E-state index in [2.05, 4.69) is 66.8 Å². The third-order valence-electron chi connectivity index (χ3n) is 1.45. The Labute approximate surface area is 91.8 Å². The van der Waals surface area contributed by atoms with Crippen LogP contribution in [-0.2, 0) is 2.14 Å². The first-order valence-corrected chi connectivity index (χ1v) is 5.52. The predicted molar refractivity (Wildman–Crippen MR) is 59.6 cm³/mol. The molecule has 1 rings (SSSR count). The van der Waals surface area contributed by atoms with E-state index in [0.29, 0.717) is 0 Å². The normalized spacial score (nSPS) is 11.6. The van der Waals surface area contributed by atoms with Crippen LogP contribution in [0.5, 0.6) is 0 Å². The first-order chi connectivity index (χ1) is 5.02. The number of benzene rings is 1. The molecule has 60 valence electrons. The zero-order valence-electron chi connectivity index (χ0n) is 5.94. The van der Waals surface area contributed by atoms with Crippen molar-refractivity contribution in [1.82, 2.24) is 0 Å². The van der Waals surface area contributed by atoms with Crippen LogP contribution < -0.4 is 0 Å². The maximum atomic E-state index is 3.47. The van der Waals surface area contributed by atoms with Gasteiger partial charge < -0.3 is 0 Å². The highest BCUT2D eigenvalue weighted by atomic mass is 80.0. The number of hydrogen-bond acceptors (Lipinski definition) is 0. The van der Waals surface area contributed by atoms with E-state index in [1.54, 1.807) is 0 Å². The van der Waals surface area contributed by atoms with E-state index in [0.717, 1.165) is 0 Å². The van der Waals surface area contributed by atoms with Gasteiger partial charge in [-0.15, -0.1) is 0 Å². The molecule has 0 unspecified atom stereocenters. The summed E-state index contributed by atoms with van der Waals surface area (Å²) in [7, 11) is 0. The summed E-state index contributed by atoms with van der Waals surface area (Å²) in [6, 6.07) is 8.18. The SMILES string of the molecule is Cc1ccccc1C(Br)(Br)Br. The van der Waals surface area contributed by atoms with Gasteiger partial charge in [0, 0.05) is 0 Å². The smallest absolute Gasteiger partial charge is 0.0620 e. The van der Waals surface area contributed by atoms with Gasteiger partial charge in [-0.2, -0.15) is 0 Å². The fourth-order valence-corrected chi connectivity index (χ4v) is 2.23. The summed E-state index contributed by atoms with van der Waals surface area (Å²) in [4.78, 5) is 0. The minimum atomic E-state index is -0.279. The Morgan fingerprint density at radius 3 is 2.00 bits per heavy atom. The van der Waals surface area contributed by atoms with Crippen molar-refractivity contribution >= 4 is 47.8 Å². The molecule has 0 N–H and O–H groups in total. The van der Waals surface area contributed by atoms with Crippen LogP contribution in [0.3, 0.4) is 0 Å². The van der Waals surface area contributed by atoms with E-state index in [1.165, 1.54) is 11.1 Å². The van der Waals surface area contributed by atoms with Crippen molar-refractivity contribution in [3.8, 4) is 0 Å². The van der Waals surface area contributed by atoms with Crippen molar-refractivity contribution in [2.24, 2.45) is 0 Å². The summed E-state index contributed by atoms with van der Waals surface area (Å²) in [5, 5.41) is 0. The highest BCUT2D eigenvalue weighted by Gasteiger charge is 2.21. The Hall–Kier alpha value is 0.660. The lowest BCUT2D eigenvalue weighted by molar-refractivity contribution is 1.28. The van der Waals surface area contributed by atoms with E-state index >= 15 is 0 Å². The van der Waals surface area contributed by atoms with Gasteiger partial charge in [0.2, 0.25) is 0 Å². The molecule has 0 amide bonds. The quantitative estimate of drug-likeness (QED) is 0.617. The van der Waals surface area contributed by atoms with E-state index in [4.69, 9.17) is 0 Å². The molecule has 0 aromatic heterocycles. The van der Waals surface area contributed by atoms with Gasteiger partial charge in [0.25, 0.3) is 0 Å². The summed E-state index contributed by atoms with van der Waals surface area (Å²) in [5.41, 5.74) is 2.44. The average Bonchev–Trinajstić information content (AvgIpc) is 1.86. The predicted octanol–water partition coefficient (Wildman–Crippen LogP) is 4.29. The maximum absolute atomic E-state index is 3.47. The molecule has 11 heavy (non-hydrogen) atoms. The summed E-state index contributed by atoms with van der Waals surface area (Å²) >= 11 is 10.4. The molecular formula is C8H7Br3. The van der Waals surface area contributed by atoms with Gasteiger partial charge in [0.05, 0.1) is 0 Å². The number of hydrogen-bond donors (Lipinski definition) is 0. The third-order valence-corrected chi connectivity index (χ3v) is 2.73. The largest absolute Gasteiger partial charge is 0.160 e. The van der Waals surface area contributed by atoms with Crippen molar-refractivity contribution in [1.29, 1.82) is 0 Å². The summed E-state index contributed by atoms with van der Waals surface area (Å²) in [5.74, 6) is 0. The molecule has 0 aliphatic carbocycles. The molecule has 0 fully saturated rings. The van der Waals surface area contributed by atoms with Crippen LogP contribution in [-0.4, -0.2) is 0 Å². The van der Waals surface area contributed by atoms with Gasteiger partial charge in [0.1, 0.15) is 0 Å². The van der Waals surface area contributed by atoms with E-state index < -0.39 is 0 Å². The van der Waals surface area contributed by atoms with Gasteiger partial charge in [-0.3, -0.25) is 0 Å². The van der Waals surface area contributed by atoms with Gasteiger partial charge in [-0.05, 0) is 18.1 Å². The Bertz CT molecular complexity index is 250. The van der Waals surface area contributed by atoms with Crippen LogP contribution in [0.1, 0.15) is 11.1 Å². The highest BCUT2D eigenvalue weighted by Crippen LogP contribution is 2.45. The zero-order valence-corrected chi connectivity index (χ0v) is 10.7. The first kappa shape index (κ1) is 9.75. The molecule has 0 aliphatic rings. The van der Waals surface area contributed by atoms with E-state index in [9.17, 15) is 0 Å². The van der Waals surface area contributed by atoms with Crippen molar-refractivity contribution < 1.29 is 0 Å². The van der Waals surface area contributed by atoms with Crippen LogP contribution in [0.4, 0.5) is 0 Å². The lowest BCUT2D eigenvalue weighted by Gasteiger charge is -2.14. The van der Waals surface area contributed by atoms with Crippen LogP contribution in [0.25, 0.3) is 0 Å². The topological polar surface area (TPSA) is 0 Å². The Balaban J connectivity index is 3.14.